The van der Waals surface area contributed by atoms with Crippen molar-refractivity contribution in [2.45, 2.75) is 78.6 Å². The fourth-order valence-electron chi connectivity index (χ4n) is 8.97. The monoisotopic (exact) mass is 875 g/mol. The molecular weight excluding hydrogens is 819 g/mol. The second-order valence-electron chi connectivity index (χ2n) is 20.7. The van der Waals surface area contributed by atoms with Crippen LogP contribution in [0.25, 0.3) is 72.6 Å². The number of fused-ring (bicyclic) bond motifs is 3. The molecule has 0 aliphatic rings. The summed E-state index contributed by atoms with van der Waals surface area (Å²) in [5.74, 6) is 3.09. The van der Waals surface area contributed by atoms with Gasteiger partial charge in [-0.2, -0.15) is 4.68 Å². The van der Waals surface area contributed by atoms with E-state index in [1.807, 2.05) is 10.9 Å². The lowest BCUT2D eigenvalue weighted by Gasteiger charge is -2.22. The zero-order chi connectivity index (χ0) is 46.7. The van der Waals surface area contributed by atoms with Gasteiger partial charge in [-0.1, -0.05) is 190 Å². The lowest BCUT2D eigenvalue weighted by atomic mass is 9.86. The van der Waals surface area contributed by atoms with Crippen LogP contribution in [-0.2, 0) is 16.2 Å². The van der Waals surface area contributed by atoms with Crippen LogP contribution in [0.1, 0.15) is 79.0 Å². The maximum atomic E-state index is 6.97. The SMILES string of the molecule is CC(C)(C)c1cccc(-c2nn(-c3cc(Oc4ccc5c6ccccc6n(-c6cc(C(C)(C)C)ccn6)c5c4)cc(C(C)(C)C)c3)[c-][n+]2-c2c(-c3ccccc3)cccc2-c2ccccc2)c1. The third-order valence-corrected chi connectivity index (χ3v) is 12.7. The van der Waals surface area contributed by atoms with Gasteiger partial charge in [-0.05, 0) is 103 Å². The standard InChI is InChI=1S/C61H57N5O/c1-59(2,3)44-25-18-24-43(34-44)58-63-65(40-64(58)57-50(41-20-12-10-13-21-41)27-19-28-51(57)42-22-14-11-15-23-42)47-35-46(61(7,8)9)36-49(38-47)67-48-30-31-53-52-26-16-17-29-54(52)66(55(53)39-48)56-37-45(32-33-62-56)60(4,5)6/h10-39H,1-9H3. The summed E-state index contributed by atoms with van der Waals surface area (Å²) in [6.07, 6.45) is 5.72. The highest BCUT2D eigenvalue weighted by Gasteiger charge is 2.25. The third-order valence-electron chi connectivity index (χ3n) is 12.7. The van der Waals surface area contributed by atoms with Crippen LogP contribution >= 0.6 is 0 Å². The second kappa shape index (κ2) is 16.7. The van der Waals surface area contributed by atoms with Gasteiger partial charge in [0.2, 0.25) is 12.2 Å². The first-order valence-electron chi connectivity index (χ1n) is 23.2. The number of hydrogen-bond acceptors (Lipinski definition) is 3. The molecule has 332 valence electrons. The fraction of sp³-hybridized carbons (Fsp3) is 0.197. The molecule has 10 aromatic rings. The maximum Gasteiger partial charge on any atom is 0.231 e. The molecule has 0 bridgehead atoms. The van der Waals surface area contributed by atoms with Crippen LogP contribution in [-0.4, -0.2) is 19.3 Å². The van der Waals surface area contributed by atoms with Crippen molar-refractivity contribution >= 4 is 21.8 Å². The minimum absolute atomic E-state index is 0.0293. The smallest absolute Gasteiger partial charge is 0.231 e. The third kappa shape index (κ3) is 8.45. The lowest BCUT2D eigenvalue weighted by Crippen LogP contribution is -2.33. The molecule has 3 heterocycles. The summed E-state index contributed by atoms with van der Waals surface area (Å²) < 4.78 is 13.3. The molecule has 0 radical (unpaired) electrons. The molecule has 0 spiro atoms. The van der Waals surface area contributed by atoms with Crippen molar-refractivity contribution in [2.75, 3.05) is 0 Å². The van der Waals surface area contributed by atoms with E-state index >= 15 is 0 Å². The summed E-state index contributed by atoms with van der Waals surface area (Å²) >= 11 is 0. The summed E-state index contributed by atoms with van der Waals surface area (Å²) in [6.45, 7) is 20.2. The summed E-state index contributed by atoms with van der Waals surface area (Å²) in [4.78, 5) is 4.91. The number of ether oxygens (including phenoxy) is 1. The van der Waals surface area contributed by atoms with Crippen molar-refractivity contribution in [1.82, 2.24) is 19.3 Å². The van der Waals surface area contributed by atoms with E-state index < -0.39 is 0 Å². The molecule has 0 saturated heterocycles. The highest BCUT2D eigenvalue weighted by atomic mass is 16.5. The van der Waals surface area contributed by atoms with Crippen LogP contribution in [0, 0.1) is 6.33 Å². The van der Waals surface area contributed by atoms with Gasteiger partial charge in [0, 0.05) is 34.3 Å². The van der Waals surface area contributed by atoms with E-state index in [1.165, 1.54) is 16.5 Å². The molecule has 0 amide bonds. The zero-order valence-corrected chi connectivity index (χ0v) is 40.0. The normalized spacial score (nSPS) is 12.3. The molecule has 7 aromatic carbocycles. The van der Waals surface area contributed by atoms with Crippen molar-refractivity contribution in [1.29, 1.82) is 0 Å². The van der Waals surface area contributed by atoms with Crippen molar-refractivity contribution in [3.05, 3.63) is 205 Å². The van der Waals surface area contributed by atoms with Gasteiger partial charge in [-0.3, -0.25) is 4.57 Å². The van der Waals surface area contributed by atoms with Crippen LogP contribution in [0.2, 0.25) is 0 Å². The van der Waals surface area contributed by atoms with Crippen LogP contribution in [0.5, 0.6) is 11.5 Å². The van der Waals surface area contributed by atoms with Gasteiger partial charge in [0.15, 0.2) is 0 Å². The molecule has 0 unspecified atom stereocenters. The van der Waals surface area contributed by atoms with E-state index in [0.29, 0.717) is 5.75 Å². The molecule has 67 heavy (non-hydrogen) atoms. The van der Waals surface area contributed by atoms with Crippen LogP contribution < -0.4 is 9.30 Å². The number of rotatable bonds is 8. The predicted molar refractivity (Wildman–Crippen MR) is 275 cm³/mol. The average Bonchev–Trinajstić information content (AvgIpc) is 3.91. The molecule has 3 aromatic heterocycles. The molecule has 0 saturated carbocycles. The van der Waals surface area contributed by atoms with Gasteiger partial charge >= 0.3 is 0 Å². The predicted octanol–water partition coefficient (Wildman–Crippen LogP) is 15.1. The van der Waals surface area contributed by atoms with Crippen molar-refractivity contribution in [3.8, 4) is 62.3 Å². The molecule has 0 aliphatic heterocycles. The number of aromatic nitrogens is 5. The number of nitrogens with zero attached hydrogens (tertiary/aromatic N) is 5. The highest BCUT2D eigenvalue weighted by molar-refractivity contribution is 6.09. The molecule has 10 rings (SSSR count). The Bertz CT molecular complexity index is 3370. The summed E-state index contributed by atoms with van der Waals surface area (Å²) in [6, 6.07) is 62.2. The molecule has 0 aliphatic carbocycles. The van der Waals surface area contributed by atoms with Gasteiger partial charge in [0.05, 0.1) is 16.7 Å². The van der Waals surface area contributed by atoms with E-state index in [0.717, 1.165) is 78.6 Å². The molecule has 0 atom stereocenters. The van der Waals surface area contributed by atoms with Gasteiger partial charge in [-0.15, -0.1) is 0 Å². The van der Waals surface area contributed by atoms with E-state index in [1.54, 1.807) is 0 Å². The Morgan fingerprint density at radius 1 is 0.478 bits per heavy atom. The Labute approximate surface area is 394 Å². The topological polar surface area (TPSA) is 48.8 Å². The Hall–Kier alpha value is -7.57. The lowest BCUT2D eigenvalue weighted by molar-refractivity contribution is -0.587. The van der Waals surface area contributed by atoms with Crippen LogP contribution in [0.4, 0.5) is 0 Å². The van der Waals surface area contributed by atoms with Crippen molar-refractivity contribution in [2.24, 2.45) is 0 Å². The van der Waals surface area contributed by atoms with E-state index in [2.05, 4.69) is 254 Å². The van der Waals surface area contributed by atoms with Gasteiger partial charge in [0.25, 0.3) is 0 Å². The van der Waals surface area contributed by atoms with Crippen molar-refractivity contribution < 1.29 is 9.30 Å². The summed E-state index contributed by atoms with van der Waals surface area (Å²) in [5, 5.41) is 7.79. The number of pyridine rings is 1. The molecule has 0 fully saturated rings. The maximum absolute atomic E-state index is 6.97. The second-order valence-corrected chi connectivity index (χ2v) is 20.7. The van der Waals surface area contributed by atoms with Gasteiger partial charge in [-0.25, -0.2) is 4.98 Å². The summed E-state index contributed by atoms with van der Waals surface area (Å²) in [5.41, 5.74) is 12.6. The van der Waals surface area contributed by atoms with E-state index in [4.69, 9.17) is 14.8 Å². The first-order chi connectivity index (χ1) is 32.1. The molecule has 6 nitrogen and oxygen atoms in total. The first-order valence-corrected chi connectivity index (χ1v) is 23.2. The average molecular weight is 876 g/mol. The highest BCUT2D eigenvalue weighted by Crippen LogP contribution is 2.39. The van der Waals surface area contributed by atoms with Gasteiger partial charge in [0.1, 0.15) is 17.3 Å². The minimum Gasteiger partial charge on any atom is -0.458 e. The van der Waals surface area contributed by atoms with Crippen LogP contribution in [0.15, 0.2) is 182 Å². The quantitative estimate of drug-likeness (QED) is 0.113. The van der Waals surface area contributed by atoms with Crippen LogP contribution in [0.3, 0.4) is 0 Å². The van der Waals surface area contributed by atoms with E-state index in [-0.39, 0.29) is 16.2 Å². The molecular formula is C61H57N5O. The number of benzene rings is 7. The van der Waals surface area contributed by atoms with Crippen molar-refractivity contribution in [3.63, 3.8) is 0 Å². The Kier molecular flexibility index (Phi) is 10.8. The Morgan fingerprint density at radius 3 is 1.75 bits per heavy atom. The fourth-order valence-corrected chi connectivity index (χ4v) is 8.97. The molecule has 0 N–H and O–H groups in total. The zero-order valence-electron chi connectivity index (χ0n) is 40.0. The minimum atomic E-state index is -0.207. The largest absolute Gasteiger partial charge is 0.458 e. The Morgan fingerprint density at radius 2 is 1.07 bits per heavy atom. The van der Waals surface area contributed by atoms with E-state index in [9.17, 15) is 0 Å². The number of para-hydroxylation sites is 2. The molecule has 6 heteroatoms. The Balaban J connectivity index is 1.16. The summed E-state index contributed by atoms with van der Waals surface area (Å²) in [7, 11) is 0. The van der Waals surface area contributed by atoms with Gasteiger partial charge < -0.3 is 9.30 Å². The number of hydrogen-bond donors (Lipinski definition) is 0. The first kappa shape index (κ1) is 43.3.